The smallest absolute Gasteiger partial charge is 0.162 e. The van der Waals surface area contributed by atoms with Crippen molar-refractivity contribution in [3.8, 4) is 11.5 Å². The van der Waals surface area contributed by atoms with Crippen LogP contribution in [0.5, 0.6) is 11.5 Å². The lowest BCUT2D eigenvalue weighted by Gasteiger charge is -2.15. The van der Waals surface area contributed by atoms with Crippen LogP contribution < -0.4 is 10.5 Å². The molecule has 0 amide bonds. The number of para-hydroxylation sites is 1. The van der Waals surface area contributed by atoms with Crippen molar-refractivity contribution in [2.75, 3.05) is 6.61 Å². The molecular weight excluding hydrogens is 202 g/mol. The molecule has 0 spiro atoms. The van der Waals surface area contributed by atoms with Crippen molar-refractivity contribution in [2.45, 2.75) is 25.8 Å². The van der Waals surface area contributed by atoms with E-state index in [-0.39, 0.29) is 11.8 Å². The summed E-state index contributed by atoms with van der Waals surface area (Å²) in [4.78, 5) is 0. The molecule has 0 radical (unpaired) electrons. The van der Waals surface area contributed by atoms with Crippen LogP contribution in [0.15, 0.2) is 30.9 Å². The highest BCUT2D eigenvalue weighted by Crippen LogP contribution is 2.34. The van der Waals surface area contributed by atoms with E-state index >= 15 is 0 Å². The number of hydrogen-bond acceptors (Lipinski definition) is 3. The summed E-state index contributed by atoms with van der Waals surface area (Å²) in [6, 6.07) is 5.22. The van der Waals surface area contributed by atoms with Gasteiger partial charge in [-0.2, -0.15) is 0 Å². The molecule has 3 heteroatoms. The lowest BCUT2D eigenvalue weighted by molar-refractivity contribution is 0.315. The van der Waals surface area contributed by atoms with Crippen LogP contribution in [0.4, 0.5) is 0 Å². The predicted molar refractivity (Wildman–Crippen MR) is 65.6 cm³/mol. The van der Waals surface area contributed by atoms with Crippen molar-refractivity contribution in [1.82, 2.24) is 0 Å². The highest BCUT2D eigenvalue weighted by Gasteiger charge is 2.13. The van der Waals surface area contributed by atoms with Crippen molar-refractivity contribution < 1.29 is 9.84 Å². The highest BCUT2D eigenvalue weighted by atomic mass is 16.5. The zero-order chi connectivity index (χ0) is 12.0. The molecule has 88 valence electrons. The second kappa shape index (κ2) is 6.18. The topological polar surface area (TPSA) is 55.5 Å². The lowest BCUT2D eigenvalue weighted by atomic mass is 10.0. The molecule has 3 nitrogen and oxygen atoms in total. The number of hydrogen-bond donors (Lipinski definition) is 2. The monoisotopic (exact) mass is 221 g/mol. The van der Waals surface area contributed by atoms with E-state index in [2.05, 4.69) is 6.58 Å². The van der Waals surface area contributed by atoms with E-state index in [1.165, 1.54) is 0 Å². The number of benzene rings is 1. The van der Waals surface area contributed by atoms with Gasteiger partial charge in [0.2, 0.25) is 0 Å². The van der Waals surface area contributed by atoms with Gasteiger partial charge in [-0.3, -0.25) is 0 Å². The van der Waals surface area contributed by atoms with E-state index in [9.17, 15) is 5.11 Å². The minimum Gasteiger partial charge on any atom is -0.504 e. The van der Waals surface area contributed by atoms with E-state index in [1.54, 1.807) is 6.07 Å². The average molecular weight is 221 g/mol. The SMILES string of the molecule is C=CCC[C@H](N)c1cccc(OCC)c1O. The molecule has 16 heavy (non-hydrogen) atoms. The minimum absolute atomic E-state index is 0.154. The number of allylic oxidation sites excluding steroid dienone is 1. The van der Waals surface area contributed by atoms with Gasteiger partial charge in [-0.1, -0.05) is 18.2 Å². The Bertz CT molecular complexity index is 350. The maximum Gasteiger partial charge on any atom is 0.162 e. The zero-order valence-corrected chi connectivity index (χ0v) is 9.65. The summed E-state index contributed by atoms with van der Waals surface area (Å²) in [7, 11) is 0. The third-order valence-electron chi connectivity index (χ3n) is 2.41. The van der Waals surface area contributed by atoms with Gasteiger partial charge in [0.15, 0.2) is 11.5 Å². The molecule has 0 aliphatic carbocycles. The molecule has 0 aromatic heterocycles. The molecule has 0 aliphatic rings. The first-order chi connectivity index (χ1) is 7.70. The lowest BCUT2D eigenvalue weighted by Crippen LogP contribution is -2.10. The number of ether oxygens (including phenoxy) is 1. The van der Waals surface area contributed by atoms with Gasteiger partial charge in [0.25, 0.3) is 0 Å². The third kappa shape index (κ3) is 3.00. The van der Waals surface area contributed by atoms with Gasteiger partial charge in [-0.15, -0.1) is 6.58 Å². The quantitative estimate of drug-likeness (QED) is 0.726. The fraction of sp³-hybridized carbons (Fsp3) is 0.385. The molecule has 1 aromatic rings. The van der Waals surface area contributed by atoms with E-state index in [0.29, 0.717) is 12.4 Å². The van der Waals surface area contributed by atoms with Crippen LogP contribution in [0.25, 0.3) is 0 Å². The maximum atomic E-state index is 9.96. The second-order valence-corrected chi connectivity index (χ2v) is 3.60. The van der Waals surface area contributed by atoms with Crippen molar-refractivity contribution in [3.63, 3.8) is 0 Å². The van der Waals surface area contributed by atoms with Gasteiger partial charge in [-0.25, -0.2) is 0 Å². The molecule has 0 bridgehead atoms. The minimum atomic E-state index is -0.182. The Morgan fingerprint density at radius 1 is 1.56 bits per heavy atom. The first-order valence-electron chi connectivity index (χ1n) is 5.51. The van der Waals surface area contributed by atoms with Crippen molar-refractivity contribution in [3.05, 3.63) is 36.4 Å². The normalized spacial score (nSPS) is 12.1. The van der Waals surface area contributed by atoms with E-state index in [0.717, 1.165) is 18.4 Å². The fourth-order valence-corrected chi connectivity index (χ4v) is 1.56. The number of phenols is 1. The molecular formula is C13H19NO2. The molecule has 0 fully saturated rings. The Hall–Kier alpha value is -1.48. The van der Waals surface area contributed by atoms with Crippen LogP contribution in [-0.4, -0.2) is 11.7 Å². The van der Waals surface area contributed by atoms with Crippen molar-refractivity contribution in [1.29, 1.82) is 0 Å². The molecule has 0 saturated heterocycles. The second-order valence-electron chi connectivity index (χ2n) is 3.60. The summed E-state index contributed by atoms with van der Waals surface area (Å²) in [5.41, 5.74) is 6.71. The van der Waals surface area contributed by atoms with Gasteiger partial charge in [0.05, 0.1) is 6.61 Å². The van der Waals surface area contributed by atoms with Crippen molar-refractivity contribution in [2.24, 2.45) is 5.73 Å². The summed E-state index contributed by atoms with van der Waals surface area (Å²) >= 11 is 0. The molecule has 1 atom stereocenters. The number of aromatic hydroxyl groups is 1. The number of rotatable bonds is 6. The van der Waals surface area contributed by atoms with Crippen molar-refractivity contribution >= 4 is 0 Å². The van der Waals surface area contributed by atoms with Crippen LogP contribution in [0.1, 0.15) is 31.4 Å². The highest BCUT2D eigenvalue weighted by molar-refractivity contribution is 5.46. The van der Waals surface area contributed by atoms with Crippen LogP contribution >= 0.6 is 0 Å². The molecule has 0 unspecified atom stereocenters. The van der Waals surface area contributed by atoms with Gasteiger partial charge < -0.3 is 15.6 Å². The van der Waals surface area contributed by atoms with Gasteiger partial charge in [-0.05, 0) is 25.8 Å². The Labute approximate surface area is 96.5 Å². The Morgan fingerprint density at radius 3 is 2.94 bits per heavy atom. The van der Waals surface area contributed by atoms with Gasteiger partial charge in [0.1, 0.15) is 0 Å². The Balaban J connectivity index is 2.86. The Morgan fingerprint density at radius 2 is 2.31 bits per heavy atom. The first kappa shape index (κ1) is 12.6. The number of phenolic OH excluding ortho intramolecular Hbond substituents is 1. The summed E-state index contributed by atoms with van der Waals surface area (Å²) in [6.07, 6.45) is 3.43. The van der Waals surface area contributed by atoms with E-state index in [4.69, 9.17) is 10.5 Å². The summed E-state index contributed by atoms with van der Waals surface area (Å²) < 4.78 is 5.31. The predicted octanol–water partition coefficient (Wildman–Crippen LogP) is 2.76. The molecule has 1 aromatic carbocycles. The van der Waals surface area contributed by atoms with Crippen LogP contribution in [0.3, 0.4) is 0 Å². The molecule has 1 rings (SSSR count). The molecule has 0 heterocycles. The van der Waals surface area contributed by atoms with E-state index < -0.39 is 0 Å². The van der Waals surface area contributed by atoms with Crippen LogP contribution in [-0.2, 0) is 0 Å². The fourth-order valence-electron chi connectivity index (χ4n) is 1.56. The molecule has 3 N–H and O–H groups in total. The average Bonchev–Trinajstić information content (AvgIpc) is 2.29. The summed E-state index contributed by atoms with van der Waals surface area (Å²) in [5.74, 6) is 0.648. The summed E-state index contributed by atoms with van der Waals surface area (Å²) in [6.45, 7) is 6.06. The van der Waals surface area contributed by atoms with Gasteiger partial charge >= 0.3 is 0 Å². The van der Waals surface area contributed by atoms with Gasteiger partial charge in [0, 0.05) is 11.6 Å². The summed E-state index contributed by atoms with van der Waals surface area (Å²) in [5, 5.41) is 9.96. The third-order valence-corrected chi connectivity index (χ3v) is 2.41. The van der Waals surface area contributed by atoms with Crippen LogP contribution in [0, 0.1) is 0 Å². The molecule has 0 aliphatic heterocycles. The standard InChI is InChI=1S/C13H19NO2/c1-3-5-8-11(14)10-7-6-9-12(13(10)15)16-4-2/h3,6-7,9,11,15H,1,4-5,8,14H2,2H3/t11-/m0/s1. The zero-order valence-electron chi connectivity index (χ0n) is 9.65. The van der Waals surface area contributed by atoms with Crippen LogP contribution in [0.2, 0.25) is 0 Å². The first-order valence-corrected chi connectivity index (χ1v) is 5.51. The largest absolute Gasteiger partial charge is 0.504 e. The Kier molecular flexibility index (Phi) is 4.86. The number of nitrogens with two attached hydrogens (primary N) is 1. The molecule has 0 saturated carbocycles. The maximum absolute atomic E-state index is 9.96. The van der Waals surface area contributed by atoms with E-state index in [1.807, 2.05) is 25.1 Å².